The highest BCUT2D eigenvalue weighted by molar-refractivity contribution is 6.06. The number of aliphatic hydroxyl groups excluding tert-OH is 1. The molecule has 0 bridgehead atoms. The average molecular weight is 485 g/mol. The second-order valence-corrected chi connectivity index (χ2v) is 10.4. The first-order chi connectivity index (χ1) is 18.7. The predicted octanol–water partition coefficient (Wildman–Crippen LogP) is 9.69. The zero-order valence-corrected chi connectivity index (χ0v) is 20.7. The van der Waals surface area contributed by atoms with Crippen molar-refractivity contribution in [1.29, 1.82) is 0 Å². The molecule has 0 atom stereocenters. The third kappa shape index (κ3) is 3.44. The number of hydrogen-bond acceptors (Lipinski definition) is 1. The summed E-state index contributed by atoms with van der Waals surface area (Å²) in [6, 6.07) is 47.6. The average Bonchev–Trinajstić information content (AvgIpc) is 2.95. The lowest BCUT2D eigenvalue weighted by Gasteiger charge is -2.14. The molecular weight excluding hydrogens is 460 g/mol. The summed E-state index contributed by atoms with van der Waals surface area (Å²) in [5.41, 5.74) is 1.81. The molecule has 0 unspecified atom stereocenters. The van der Waals surface area contributed by atoms with Gasteiger partial charge in [-0.15, -0.1) is 0 Å². The maximum absolute atomic E-state index is 11.4. The van der Waals surface area contributed by atoms with E-state index in [1.165, 1.54) is 53.9 Å². The third-order valence-electron chi connectivity index (χ3n) is 8.00. The smallest absolute Gasteiger partial charge is 0.104 e. The highest BCUT2D eigenvalue weighted by Crippen LogP contribution is 2.33. The first-order valence-corrected chi connectivity index (χ1v) is 13.1. The highest BCUT2D eigenvalue weighted by atomic mass is 16.3. The van der Waals surface area contributed by atoms with E-state index < -0.39 is 6.10 Å². The van der Waals surface area contributed by atoms with E-state index in [1.807, 2.05) is 0 Å². The van der Waals surface area contributed by atoms with Gasteiger partial charge in [0.2, 0.25) is 0 Å². The minimum atomic E-state index is -0.691. The van der Waals surface area contributed by atoms with Gasteiger partial charge in [0.15, 0.2) is 0 Å². The van der Waals surface area contributed by atoms with Crippen LogP contribution >= 0.6 is 0 Å². The van der Waals surface area contributed by atoms with Crippen molar-refractivity contribution in [1.82, 2.24) is 0 Å². The molecule has 0 spiro atoms. The van der Waals surface area contributed by atoms with Gasteiger partial charge < -0.3 is 5.11 Å². The van der Waals surface area contributed by atoms with Crippen molar-refractivity contribution in [3.05, 3.63) is 145 Å². The van der Waals surface area contributed by atoms with Crippen LogP contribution in [-0.2, 0) is 0 Å². The van der Waals surface area contributed by atoms with Crippen LogP contribution in [0, 0.1) is 0 Å². The van der Waals surface area contributed by atoms with Crippen molar-refractivity contribution in [3.63, 3.8) is 0 Å². The highest BCUT2D eigenvalue weighted by Gasteiger charge is 2.13. The lowest BCUT2D eigenvalue weighted by Crippen LogP contribution is -1.99. The molecule has 0 aliphatic heterocycles. The van der Waals surface area contributed by atoms with Gasteiger partial charge in [-0.3, -0.25) is 0 Å². The van der Waals surface area contributed by atoms with Crippen LogP contribution in [-0.4, -0.2) is 5.11 Å². The number of aliphatic hydroxyl groups is 1. The Labute approximate surface area is 220 Å². The SMILES string of the molecule is OC(c1ccc2cc3cc4ccccc4cc3cc2c1)c1ccc2cc3cc4ccccc4cc3cc2c1. The Morgan fingerprint density at radius 2 is 0.553 bits per heavy atom. The molecule has 8 aromatic carbocycles. The molecule has 0 amide bonds. The van der Waals surface area contributed by atoms with Crippen LogP contribution in [0.5, 0.6) is 0 Å². The summed E-state index contributed by atoms with van der Waals surface area (Å²) in [6.07, 6.45) is -0.691. The number of hydrogen-bond donors (Lipinski definition) is 1. The molecule has 8 rings (SSSR count). The Kier molecular flexibility index (Phi) is 4.58. The van der Waals surface area contributed by atoms with Crippen LogP contribution in [0.1, 0.15) is 17.2 Å². The van der Waals surface area contributed by atoms with Gasteiger partial charge >= 0.3 is 0 Å². The summed E-state index contributed by atoms with van der Waals surface area (Å²) in [4.78, 5) is 0. The summed E-state index contributed by atoms with van der Waals surface area (Å²) < 4.78 is 0. The number of fused-ring (bicyclic) bond motifs is 6. The summed E-state index contributed by atoms with van der Waals surface area (Å²) in [6.45, 7) is 0. The minimum Gasteiger partial charge on any atom is -0.384 e. The van der Waals surface area contributed by atoms with Crippen LogP contribution in [0.3, 0.4) is 0 Å². The molecule has 0 aromatic heterocycles. The Balaban J connectivity index is 1.21. The van der Waals surface area contributed by atoms with E-state index in [4.69, 9.17) is 0 Å². The zero-order chi connectivity index (χ0) is 25.2. The molecule has 8 aromatic rings. The topological polar surface area (TPSA) is 20.2 Å². The lowest BCUT2D eigenvalue weighted by molar-refractivity contribution is 0.220. The van der Waals surface area contributed by atoms with Crippen LogP contribution in [0.4, 0.5) is 0 Å². The maximum Gasteiger partial charge on any atom is 0.104 e. The van der Waals surface area contributed by atoms with E-state index >= 15 is 0 Å². The van der Waals surface area contributed by atoms with Crippen LogP contribution in [0.25, 0.3) is 64.6 Å². The van der Waals surface area contributed by atoms with Crippen LogP contribution in [0.15, 0.2) is 133 Å². The molecule has 0 saturated heterocycles. The normalized spacial score (nSPS) is 12.1. The van der Waals surface area contributed by atoms with Gasteiger partial charge in [-0.1, -0.05) is 72.8 Å². The molecular formula is C37H24O. The summed E-state index contributed by atoms with van der Waals surface area (Å²) in [5, 5.41) is 26.0. The fourth-order valence-electron chi connectivity index (χ4n) is 5.95. The second kappa shape index (κ2) is 8.14. The molecule has 0 saturated carbocycles. The molecule has 0 fully saturated rings. The van der Waals surface area contributed by atoms with Crippen molar-refractivity contribution >= 4 is 64.6 Å². The van der Waals surface area contributed by atoms with E-state index in [0.717, 1.165) is 21.9 Å². The van der Waals surface area contributed by atoms with Gasteiger partial charge in [0.25, 0.3) is 0 Å². The fourth-order valence-corrected chi connectivity index (χ4v) is 5.95. The predicted molar refractivity (Wildman–Crippen MR) is 162 cm³/mol. The van der Waals surface area contributed by atoms with Crippen molar-refractivity contribution in [2.24, 2.45) is 0 Å². The molecule has 1 heteroatoms. The zero-order valence-electron chi connectivity index (χ0n) is 20.7. The first kappa shape index (κ1) is 21.4. The molecule has 1 N–H and O–H groups in total. The molecule has 0 aliphatic rings. The van der Waals surface area contributed by atoms with Crippen molar-refractivity contribution in [2.75, 3.05) is 0 Å². The van der Waals surface area contributed by atoms with E-state index in [-0.39, 0.29) is 0 Å². The van der Waals surface area contributed by atoms with Gasteiger partial charge in [0, 0.05) is 0 Å². The Bertz CT molecular complexity index is 2050. The molecule has 178 valence electrons. The Morgan fingerprint density at radius 1 is 0.289 bits per heavy atom. The monoisotopic (exact) mass is 484 g/mol. The fraction of sp³-hybridized carbons (Fsp3) is 0.0270. The molecule has 0 radical (unpaired) electrons. The van der Waals surface area contributed by atoms with Gasteiger partial charge in [0.1, 0.15) is 6.10 Å². The summed E-state index contributed by atoms with van der Waals surface area (Å²) in [7, 11) is 0. The largest absolute Gasteiger partial charge is 0.384 e. The molecule has 0 aliphatic carbocycles. The van der Waals surface area contributed by atoms with Gasteiger partial charge in [-0.2, -0.15) is 0 Å². The minimum absolute atomic E-state index is 0.691. The van der Waals surface area contributed by atoms with E-state index in [2.05, 4.69) is 133 Å². The van der Waals surface area contributed by atoms with Crippen molar-refractivity contribution in [2.45, 2.75) is 6.10 Å². The second-order valence-electron chi connectivity index (χ2n) is 10.4. The first-order valence-electron chi connectivity index (χ1n) is 13.1. The maximum atomic E-state index is 11.4. The van der Waals surface area contributed by atoms with E-state index in [0.29, 0.717) is 0 Å². The van der Waals surface area contributed by atoms with E-state index in [1.54, 1.807) is 0 Å². The van der Waals surface area contributed by atoms with Gasteiger partial charge in [-0.25, -0.2) is 0 Å². The third-order valence-corrected chi connectivity index (χ3v) is 8.00. The van der Waals surface area contributed by atoms with Crippen molar-refractivity contribution in [3.8, 4) is 0 Å². The summed E-state index contributed by atoms with van der Waals surface area (Å²) in [5.74, 6) is 0. The number of rotatable bonds is 2. The van der Waals surface area contributed by atoms with Crippen LogP contribution in [0.2, 0.25) is 0 Å². The molecule has 38 heavy (non-hydrogen) atoms. The summed E-state index contributed by atoms with van der Waals surface area (Å²) >= 11 is 0. The van der Waals surface area contributed by atoms with Crippen molar-refractivity contribution < 1.29 is 5.11 Å². The lowest BCUT2D eigenvalue weighted by atomic mass is 9.94. The van der Waals surface area contributed by atoms with E-state index in [9.17, 15) is 5.11 Å². The molecule has 1 nitrogen and oxygen atoms in total. The Morgan fingerprint density at radius 3 is 0.895 bits per heavy atom. The van der Waals surface area contributed by atoms with Crippen LogP contribution < -0.4 is 0 Å². The standard InChI is InChI=1S/C37H24O/c38-37(29-11-9-27-17-33-13-23-5-1-3-7-25(23)15-35(33)21-31(27)19-29)30-12-10-28-18-34-14-24-6-2-4-8-26(24)16-36(34)22-32(28)20-30/h1-22,37-38H. The number of benzene rings is 8. The van der Waals surface area contributed by atoms with Gasteiger partial charge in [-0.05, 0) is 136 Å². The molecule has 0 heterocycles. The Hall–Kier alpha value is -4.72. The van der Waals surface area contributed by atoms with Gasteiger partial charge in [0.05, 0.1) is 0 Å². The quantitative estimate of drug-likeness (QED) is 0.242.